The predicted molar refractivity (Wildman–Crippen MR) is 197 cm³/mol. The fourth-order valence-electron chi connectivity index (χ4n) is 9.06. The lowest BCUT2D eigenvalue weighted by Gasteiger charge is -2.49. The Hall–Kier alpha value is -0.970. The molecule has 13 nitrogen and oxygen atoms in total. The Morgan fingerprint density at radius 1 is 0.923 bits per heavy atom. The summed E-state index contributed by atoms with van der Waals surface area (Å²) in [5.41, 5.74) is -4.20. The normalized spacial score (nSPS) is 49.6. The van der Waals surface area contributed by atoms with Crippen molar-refractivity contribution in [2.45, 2.75) is 186 Å². The molecule has 0 bridgehead atoms. The number of hydrogen-bond donors (Lipinski definition) is 4. The van der Waals surface area contributed by atoms with Gasteiger partial charge in [0.2, 0.25) is 0 Å². The van der Waals surface area contributed by atoms with Crippen molar-refractivity contribution in [1.82, 2.24) is 9.80 Å². The molecule has 3 aliphatic heterocycles. The van der Waals surface area contributed by atoms with E-state index in [1.54, 1.807) is 34.6 Å². The molecule has 3 heterocycles. The second-order valence-corrected chi connectivity index (χ2v) is 17.5. The van der Waals surface area contributed by atoms with E-state index in [2.05, 4.69) is 11.8 Å². The molecule has 13 heteroatoms. The van der Waals surface area contributed by atoms with E-state index in [0.717, 1.165) is 6.42 Å². The summed E-state index contributed by atoms with van der Waals surface area (Å²) in [6.07, 6.45) is -5.73. The minimum Gasteiger partial charge on any atom is -0.459 e. The van der Waals surface area contributed by atoms with Gasteiger partial charge in [-0.2, -0.15) is 0 Å². The highest BCUT2D eigenvalue weighted by atomic mass is 16.7. The van der Waals surface area contributed by atoms with Crippen molar-refractivity contribution in [3.8, 4) is 0 Å². The largest absolute Gasteiger partial charge is 0.459 e. The second-order valence-electron chi connectivity index (χ2n) is 17.5. The molecule has 3 rings (SSSR count). The zero-order chi connectivity index (χ0) is 39.7. The number of nitrogens with zero attached hydrogens (tertiary/aromatic N) is 2. The van der Waals surface area contributed by atoms with Gasteiger partial charge in [-0.3, -0.25) is 4.79 Å². The monoisotopic (exact) mass is 747 g/mol. The third kappa shape index (κ3) is 10.1. The molecule has 0 radical (unpaired) electrons. The van der Waals surface area contributed by atoms with E-state index in [4.69, 9.17) is 28.4 Å². The van der Waals surface area contributed by atoms with Crippen LogP contribution in [0.4, 0.5) is 0 Å². The van der Waals surface area contributed by atoms with Crippen LogP contribution in [0.2, 0.25) is 0 Å². The van der Waals surface area contributed by atoms with Crippen LogP contribution < -0.4 is 0 Å². The quantitative estimate of drug-likeness (QED) is 0.282. The van der Waals surface area contributed by atoms with Gasteiger partial charge in [0.1, 0.15) is 23.9 Å². The van der Waals surface area contributed by atoms with Crippen LogP contribution in [-0.4, -0.2) is 155 Å². The van der Waals surface area contributed by atoms with Gasteiger partial charge in [0.15, 0.2) is 12.6 Å². The number of esters is 1. The molecule has 0 aromatic heterocycles. The van der Waals surface area contributed by atoms with Gasteiger partial charge in [0, 0.05) is 44.0 Å². The molecule has 18 atom stereocenters. The van der Waals surface area contributed by atoms with Gasteiger partial charge in [-0.1, -0.05) is 27.7 Å². The molecular formula is C39H74N2O11. The average molecular weight is 747 g/mol. The fourth-order valence-corrected chi connectivity index (χ4v) is 9.06. The summed E-state index contributed by atoms with van der Waals surface area (Å²) in [4.78, 5) is 18.4. The first-order valence-corrected chi connectivity index (χ1v) is 19.5. The number of carbonyl (C=O) groups excluding carboxylic acids is 1. The van der Waals surface area contributed by atoms with Crippen LogP contribution in [0.25, 0.3) is 0 Å². The third-order valence-electron chi connectivity index (χ3n) is 12.6. The van der Waals surface area contributed by atoms with Crippen molar-refractivity contribution in [3.05, 3.63) is 0 Å². The van der Waals surface area contributed by atoms with E-state index in [0.29, 0.717) is 13.0 Å². The van der Waals surface area contributed by atoms with E-state index >= 15 is 0 Å². The van der Waals surface area contributed by atoms with Crippen molar-refractivity contribution < 1.29 is 53.6 Å². The van der Waals surface area contributed by atoms with Crippen molar-refractivity contribution in [2.75, 3.05) is 34.8 Å². The molecule has 4 N–H and O–H groups in total. The topological polar surface area (TPSA) is 160 Å². The van der Waals surface area contributed by atoms with Gasteiger partial charge in [-0.15, -0.1) is 0 Å². The van der Waals surface area contributed by atoms with Crippen LogP contribution in [0, 0.1) is 23.7 Å². The molecule has 10 unspecified atom stereocenters. The maximum atomic E-state index is 14.2. The van der Waals surface area contributed by atoms with Crippen molar-refractivity contribution >= 4 is 5.97 Å². The van der Waals surface area contributed by atoms with Gasteiger partial charge in [0.25, 0.3) is 0 Å². The van der Waals surface area contributed by atoms with E-state index in [9.17, 15) is 25.2 Å². The number of hydrogen-bond acceptors (Lipinski definition) is 13. The Kier molecular flexibility index (Phi) is 15.6. The Morgan fingerprint density at radius 2 is 1.54 bits per heavy atom. The highest BCUT2D eigenvalue weighted by Gasteiger charge is 2.52. The minimum atomic E-state index is -1.77. The maximum Gasteiger partial charge on any atom is 0.311 e. The molecule has 0 spiro atoms. The van der Waals surface area contributed by atoms with Gasteiger partial charge in [-0.25, -0.2) is 0 Å². The Labute approximate surface area is 313 Å². The van der Waals surface area contributed by atoms with E-state index in [1.807, 2.05) is 53.7 Å². The second kappa shape index (κ2) is 17.9. The molecule has 306 valence electrons. The smallest absolute Gasteiger partial charge is 0.311 e. The summed E-state index contributed by atoms with van der Waals surface area (Å²) in [6, 6.07) is -0.330. The standard InChI is InChI=1S/C39H74N2O11/c1-16-29-39(11,46)32(42)26(7)41(14)20-21(2)18-37(9,45)34(52-36-23(4)28(40(12)13)17-22(3)48-36)24(5)31(25(6)35(44)50-29)51-30-19-38(10,47-15)33(43)27(8)49-30/h21-34,36,42-43,45-46H,16-20H2,1-15H3/t21-,22?,23?,24+,25-,26-,27?,28?,29-,30?,31?,32-,33?,34?,36?,37-,38?,39-/m1/s1. The summed E-state index contributed by atoms with van der Waals surface area (Å²) in [5, 5.41) is 46.8. The van der Waals surface area contributed by atoms with Crippen LogP contribution in [0.1, 0.15) is 102 Å². The average Bonchev–Trinajstić information content (AvgIpc) is 3.05. The summed E-state index contributed by atoms with van der Waals surface area (Å²) in [7, 11) is 7.50. The molecule has 0 saturated carbocycles. The van der Waals surface area contributed by atoms with Crippen LogP contribution in [0.3, 0.4) is 0 Å². The number of aliphatic hydroxyl groups excluding tert-OH is 2. The number of methoxy groups -OCH3 is 1. The zero-order valence-electron chi connectivity index (χ0n) is 34.7. The fraction of sp³-hybridized carbons (Fsp3) is 0.974. The zero-order valence-corrected chi connectivity index (χ0v) is 34.7. The first kappa shape index (κ1) is 45.4. The number of likely N-dealkylation sites (N-methyl/N-ethyl adjacent to an activating group) is 1. The number of rotatable bonds is 7. The van der Waals surface area contributed by atoms with E-state index in [1.165, 1.54) is 14.0 Å². The molecule has 3 fully saturated rings. The Bertz CT molecular complexity index is 1140. The summed E-state index contributed by atoms with van der Waals surface area (Å²) < 4.78 is 38.2. The number of carbonyl (C=O) groups is 1. The number of cyclic esters (lactones) is 1. The van der Waals surface area contributed by atoms with Crippen LogP contribution >= 0.6 is 0 Å². The van der Waals surface area contributed by atoms with Crippen LogP contribution in [0.15, 0.2) is 0 Å². The minimum absolute atomic E-state index is 0.0440. The van der Waals surface area contributed by atoms with Gasteiger partial charge < -0.3 is 58.6 Å². The van der Waals surface area contributed by atoms with Crippen LogP contribution in [-0.2, 0) is 33.2 Å². The van der Waals surface area contributed by atoms with Gasteiger partial charge in [0.05, 0.1) is 41.5 Å². The molecule has 3 aliphatic rings. The first-order chi connectivity index (χ1) is 23.9. The maximum absolute atomic E-state index is 14.2. The molecule has 0 aromatic carbocycles. The van der Waals surface area contributed by atoms with Crippen LogP contribution in [0.5, 0.6) is 0 Å². The molecule has 0 aromatic rings. The molecule has 0 aliphatic carbocycles. The molecule has 0 amide bonds. The predicted octanol–water partition coefficient (Wildman–Crippen LogP) is 3.18. The third-order valence-corrected chi connectivity index (χ3v) is 12.6. The summed E-state index contributed by atoms with van der Waals surface area (Å²) in [6.45, 7) is 20.7. The lowest BCUT2D eigenvalue weighted by molar-refractivity contribution is -0.312. The number of aliphatic hydroxyl groups is 4. The molecular weight excluding hydrogens is 672 g/mol. The Balaban J connectivity index is 2.17. The summed E-state index contributed by atoms with van der Waals surface area (Å²) >= 11 is 0. The van der Waals surface area contributed by atoms with Crippen molar-refractivity contribution in [2.24, 2.45) is 23.7 Å². The SMILES string of the molecule is CC[C@H]1OC(=O)[C@H](C)C(OC2CC(C)(OC)C(O)C(C)O2)[C@H](C)C(OC2OC(C)CC(N(C)C)C2C)[C@](C)(O)C[C@@H](C)CN(C)[C@H](C)[C@@H](O)[C@]1(C)O. The van der Waals surface area contributed by atoms with Gasteiger partial charge >= 0.3 is 5.97 Å². The molecule has 52 heavy (non-hydrogen) atoms. The van der Waals surface area contributed by atoms with Crippen molar-refractivity contribution in [1.29, 1.82) is 0 Å². The highest BCUT2D eigenvalue weighted by Crippen LogP contribution is 2.41. The molecule has 3 saturated heterocycles. The lowest BCUT2D eigenvalue weighted by atomic mass is 9.77. The summed E-state index contributed by atoms with van der Waals surface area (Å²) in [5.74, 6) is -2.34. The Morgan fingerprint density at radius 3 is 2.10 bits per heavy atom. The first-order valence-electron chi connectivity index (χ1n) is 19.5. The highest BCUT2D eigenvalue weighted by molar-refractivity contribution is 5.73. The van der Waals surface area contributed by atoms with Crippen molar-refractivity contribution in [3.63, 3.8) is 0 Å². The van der Waals surface area contributed by atoms with E-state index in [-0.39, 0.29) is 36.8 Å². The van der Waals surface area contributed by atoms with Gasteiger partial charge in [-0.05, 0) is 94.8 Å². The number of ether oxygens (including phenoxy) is 6. The lowest BCUT2D eigenvalue weighted by Crippen LogP contribution is -2.59. The van der Waals surface area contributed by atoms with E-state index < -0.39 is 89.9 Å².